The Morgan fingerprint density at radius 1 is 1.30 bits per heavy atom. The number of aryl methyl sites for hydroxylation is 1. The molecule has 3 rings (SSSR count). The number of carbonyl (C=O) groups is 1. The van der Waals surface area contributed by atoms with Crippen molar-refractivity contribution >= 4 is 5.91 Å². The lowest BCUT2D eigenvalue weighted by Crippen LogP contribution is -2.32. The first-order chi connectivity index (χ1) is 9.76. The Hall–Kier alpha value is -2.18. The second-order valence-electron chi connectivity index (χ2n) is 5.39. The zero-order chi connectivity index (χ0) is 13.8. The van der Waals surface area contributed by atoms with Gasteiger partial charge in [0.1, 0.15) is 12.7 Å². The summed E-state index contributed by atoms with van der Waals surface area (Å²) < 4.78 is 3.60. The minimum atomic E-state index is 0.0623. The van der Waals surface area contributed by atoms with E-state index in [1.165, 1.54) is 6.33 Å². The largest absolute Gasteiger partial charge is 0.355 e. The molecule has 7 heteroatoms. The van der Waals surface area contributed by atoms with Gasteiger partial charge in [-0.3, -0.25) is 14.2 Å². The maximum Gasteiger partial charge on any atom is 0.221 e. The molecule has 0 radical (unpaired) electrons. The number of aromatic nitrogens is 5. The molecule has 2 aromatic rings. The normalized spacial score (nSPS) is 16.0. The number of carbonyl (C=O) groups excluding carboxylic acids is 1. The lowest BCUT2D eigenvalue weighted by atomic mass is 10.1. The Morgan fingerprint density at radius 3 is 2.85 bits per heavy atom. The third-order valence-electron chi connectivity index (χ3n) is 3.71. The Bertz CT molecular complexity index is 543. The van der Waals surface area contributed by atoms with Crippen molar-refractivity contribution in [3.63, 3.8) is 0 Å². The van der Waals surface area contributed by atoms with Gasteiger partial charge in [0.2, 0.25) is 5.91 Å². The highest BCUT2D eigenvalue weighted by Gasteiger charge is 2.43. The number of hydrogen-bond acceptors (Lipinski definition) is 4. The molecule has 0 bridgehead atoms. The highest BCUT2D eigenvalue weighted by molar-refractivity contribution is 5.75. The Morgan fingerprint density at radius 2 is 2.20 bits per heavy atom. The summed E-state index contributed by atoms with van der Waals surface area (Å²) in [6.45, 7) is 2.17. The van der Waals surface area contributed by atoms with Crippen molar-refractivity contribution in [1.29, 1.82) is 0 Å². The summed E-state index contributed by atoms with van der Waals surface area (Å²) in [6.07, 6.45) is 9.57. The van der Waals surface area contributed by atoms with Crippen LogP contribution in [-0.2, 0) is 17.9 Å². The molecular weight excluding hydrogens is 256 g/mol. The number of nitrogens with one attached hydrogen (secondary N) is 1. The van der Waals surface area contributed by atoms with Gasteiger partial charge in [0.15, 0.2) is 0 Å². The summed E-state index contributed by atoms with van der Waals surface area (Å²) in [5.41, 5.74) is 0.203. The molecule has 0 unspecified atom stereocenters. The zero-order valence-corrected chi connectivity index (χ0v) is 11.3. The van der Waals surface area contributed by atoms with E-state index in [9.17, 15) is 4.79 Å². The van der Waals surface area contributed by atoms with Gasteiger partial charge in [-0.15, -0.1) is 0 Å². The third kappa shape index (κ3) is 3.23. The fourth-order valence-corrected chi connectivity index (χ4v) is 2.24. The average molecular weight is 274 g/mol. The van der Waals surface area contributed by atoms with Gasteiger partial charge in [-0.05, 0) is 18.9 Å². The quantitative estimate of drug-likeness (QED) is 0.795. The van der Waals surface area contributed by atoms with E-state index < -0.39 is 0 Å². The van der Waals surface area contributed by atoms with E-state index in [1.807, 2.05) is 16.9 Å². The van der Waals surface area contributed by atoms with Crippen molar-refractivity contribution in [1.82, 2.24) is 29.9 Å². The Kier molecular flexibility index (Phi) is 3.49. The van der Waals surface area contributed by atoms with Crippen LogP contribution in [0.15, 0.2) is 31.1 Å². The number of amides is 1. The molecule has 1 N–H and O–H groups in total. The molecule has 0 aliphatic heterocycles. The van der Waals surface area contributed by atoms with Crippen LogP contribution in [0.5, 0.6) is 0 Å². The molecule has 106 valence electrons. The predicted molar refractivity (Wildman–Crippen MR) is 71.5 cm³/mol. The molecule has 7 nitrogen and oxygen atoms in total. The summed E-state index contributed by atoms with van der Waals surface area (Å²) >= 11 is 0. The minimum Gasteiger partial charge on any atom is -0.355 e. The fraction of sp³-hybridized carbons (Fsp3) is 0.538. The van der Waals surface area contributed by atoms with E-state index in [0.29, 0.717) is 13.0 Å². The molecule has 2 heterocycles. The van der Waals surface area contributed by atoms with Crippen LogP contribution in [-0.4, -0.2) is 37.0 Å². The molecule has 2 aromatic heterocycles. The molecule has 1 aliphatic rings. The predicted octanol–water partition coefficient (Wildman–Crippen LogP) is 0.461. The Balaban J connectivity index is 1.41. The lowest BCUT2D eigenvalue weighted by molar-refractivity contribution is -0.121. The van der Waals surface area contributed by atoms with Crippen LogP contribution >= 0.6 is 0 Å². The average Bonchev–Trinajstić information content (AvgIpc) is 2.88. The molecule has 0 spiro atoms. The molecular formula is C13H18N6O. The van der Waals surface area contributed by atoms with Gasteiger partial charge in [-0.25, -0.2) is 4.98 Å². The van der Waals surface area contributed by atoms with Crippen LogP contribution in [0.2, 0.25) is 0 Å². The maximum absolute atomic E-state index is 11.8. The van der Waals surface area contributed by atoms with Gasteiger partial charge >= 0.3 is 0 Å². The van der Waals surface area contributed by atoms with Gasteiger partial charge < -0.3 is 5.32 Å². The van der Waals surface area contributed by atoms with Gasteiger partial charge in [0.25, 0.3) is 0 Å². The summed E-state index contributed by atoms with van der Waals surface area (Å²) in [4.78, 5) is 15.7. The van der Waals surface area contributed by atoms with Crippen LogP contribution < -0.4 is 5.32 Å². The number of nitrogens with zero attached hydrogens (tertiary/aromatic N) is 5. The molecule has 0 aromatic carbocycles. The van der Waals surface area contributed by atoms with Gasteiger partial charge in [-0.2, -0.15) is 10.2 Å². The van der Waals surface area contributed by atoms with Crippen LogP contribution in [0.3, 0.4) is 0 Å². The third-order valence-corrected chi connectivity index (χ3v) is 3.71. The van der Waals surface area contributed by atoms with E-state index in [4.69, 9.17) is 0 Å². The Labute approximate surface area is 117 Å². The van der Waals surface area contributed by atoms with Gasteiger partial charge in [-0.1, -0.05) is 0 Å². The first-order valence-electron chi connectivity index (χ1n) is 6.82. The lowest BCUT2D eigenvalue weighted by Gasteiger charge is -2.16. The first kappa shape index (κ1) is 12.8. The van der Waals surface area contributed by atoms with Crippen molar-refractivity contribution in [2.45, 2.75) is 32.4 Å². The van der Waals surface area contributed by atoms with Crippen molar-refractivity contribution in [2.75, 3.05) is 6.54 Å². The minimum absolute atomic E-state index is 0.0623. The van der Waals surface area contributed by atoms with Gasteiger partial charge in [0.05, 0.1) is 6.54 Å². The van der Waals surface area contributed by atoms with Gasteiger partial charge in [0, 0.05) is 37.3 Å². The molecule has 1 aliphatic carbocycles. The summed E-state index contributed by atoms with van der Waals surface area (Å²) in [6, 6.07) is 1.92. The number of rotatable bonds is 7. The van der Waals surface area contributed by atoms with Crippen molar-refractivity contribution in [3.8, 4) is 0 Å². The standard InChI is InChI=1S/C13H18N6O/c20-12(2-7-19-11-14-10-17-19)15-8-13(3-4-13)9-18-6-1-5-16-18/h1,5-6,10-11H,2-4,7-9H2,(H,15,20). The van der Waals surface area contributed by atoms with Crippen LogP contribution in [0.25, 0.3) is 0 Å². The zero-order valence-electron chi connectivity index (χ0n) is 11.3. The van der Waals surface area contributed by atoms with Crippen LogP contribution in [0, 0.1) is 5.41 Å². The van der Waals surface area contributed by atoms with E-state index in [2.05, 4.69) is 20.5 Å². The smallest absolute Gasteiger partial charge is 0.221 e. The van der Waals surface area contributed by atoms with Crippen molar-refractivity contribution < 1.29 is 4.79 Å². The summed E-state index contributed by atoms with van der Waals surface area (Å²) in [5.74, 6) is 0.0623. The second kappa shape index (κ2) is 5.44. The van der Waals surface area contributed by atoms with E-state index in [-0.39, 0.29) is 11.3 Å². The molecule has 0 atom stereocenters. The fourth-order valence-electron chi connectivity index (χ4n) is 2.24. The van der Waals surface area contributed by atoms with E-state index in [0.717, 1.165) is 25.9 Å². The molecule has 20 heavy (non-hydrogen) atoms. The van der Waals surface area contributed by atoms with Crippen molar-refractivity contribution in [3.05, 3.63) is 31.1 Å². The molecule has 0 saturated heterocycles. The highest BCUT2D eigenvalue weighted by atomic mass is 16.1. The SMILES string of the molecule is O=C(CCn1cncn1)NCC1(Cn2cccn2)CC1. The number of hydrogen-bond donors (Lipinski definition) is 1. The molecule has 1 saturated carbocycles. The van der Waals surface area contributed by atoms with E-state index >= 15 is 0 Å². The van der Waals surface area contributed by atoms with Crippen LogP contribution in [0.4, 0.5) is 0 Å². The topological polar surface area (TPSA) is 77.6 Å². The molecule has 1 amide bonds. The monoisotopic (exact) mass is 274 g/mol. The van der Waals surface area contributed by atoms with Crippen molar-refractivity contribution in [2.24, 2.45) is 5.41 Å². The van der Waals surface area contributed by atoms with Crippen LogP contribution in [0.1, 0.15) is 19.3 Å². The highest BCUT2D eigenvalue weighted by Crippen LogP contribution is 2.46. The summed E-state index contributed by atoms with van der Waals surface area (Å²) in [7, 11) is 0. The molecule has 1 fully saturated rings. The maximum atomic E-state index is 11.8. The summed E-state index contributed by atoms with van der Waals surface area (Å²) in [5, 5.41) is 11.2. The first-order valence-corrected chi connectivity index (χ1v) is 6.82. The second-order valence-corrected chi connectivity index (χ2v) is 5.39. The van der Waals surface area contributed by atoms with E-state index in [1.54, 1.807) is 17.2 Å².